The Balaban J connectivity index is 1.38. The van der Waals surface area contributed by atoms with Crippen molar-refractivity contribution in [2.45, 2.75) is 64.0 Å². The highest BCUT2D eigenvalue weighted by molar-refractivity contribution is 5.94. The molecule has 25 heavy (non-hydrogen) atoms. The number of carbonyl (C=O) groups is 2. The molecule has 1 N–H and O–H groups in total. The van der Waals surface area contributed by atoms with Crippen LogP contribution in [0.2, 0.25) is 0 Å². The van der Waals surface area contributed by atoms with Crippen molar-refractivity contribution in [3.8, 4) is 5.75 Å². The zero-order chi connectivity index (χ0) is 17.6. The van der Waals surface area contributed by atoms with Gasteiger partial charge in [0.2, 0.25) is 0 Å². The number of hydrogen-bond acceptors (Lipinski definition) is 3. The maximum absolute atomic E-state index is 12.7. The van der Waals surface area contributed by atoms with Gasteiger partial charge in [-0.2, -0.15) is 0 Å². The van der Waals surface area contributed by atoms with Crippen molar-refractivity contribution in [3.05, 3.63) is 29.8 Å². The molecule has 0 spiro atoms. The lowest BCUT2D eigenvalue weighted by molar-refractivity contribution is -0.133. The van der Waals surface area contributed by atoms with Gasteiger partial charge in [-0.3, -0.25) is 9.59 Å². The summed E-state index contributed by atoms with van der Waals surface area (Å²) in [5, 5.41) is 3.36. The van der Waals surface area contributed by atoms with E-state index in [1.165, 1.54) is 26.2 Å². The fourth-order valence-electron chi connectivity index (χ4n) is 5.65. The lowest BCUT2D eigenvalue weighted by atomic mass is 9.53. The maximum atomic E-state index is 12.7. The van der Waals surface area contributed by atoms with Crippen LogP contribution >= 0.6 is 0 Å². The summed E-state index contributed by atoms with van der Waals surface area (Å²) in [6.07, 6.45) is 6.99. The summed E-state index contributed by atoms with van der Waals surface area (Å²) in [6.45, 7) is 3.34. The van der Waals surface area contributed by atoms with Crippen molar-refractivity contribution in [2.75, 3.05) is 0 Å². The van der Waals surface area contributed by atoms with E-state index in [4.69, 9.17) is 4.74 Å². The van der Waals surface area contributed by atoms with E-state index in [0.29, 0.717) is 11.3 Å². The molecule has 134 valence electrons. The predicted octanol–water partition coefficient (Wildman–Crippen LogP) is 3.74. The Kier molecular flexibility index (Phi) is 4.09. The first-order chi connectivity index (χ1) is 11.9. The minimum absolute atomic E-state index is 0.0158. The van der Waals surface area contributed by atoms with E-state index in [9.17, 15) is 9.59 Å². The summed E-state index contributed by atoms with van der Waals surface area (Å²) in [7, 11) is 0. The first kappa shape index (κ1) is 16.6. The molecule has 4 bridgehead atoms. The van der Waals surface area contributed by atoms with Gasteiger partial charge < -0.3 is 10.1 Å². The van der Waals surface area contributed by atoms with Crippen molar-refractivity contribution in [2.24, 2.45) is 17.8 Å². The number of ketones is 1. The molecular formula is C21H27NO3. The molecule has 5 rings (SSSR count). The van der Waals surface area contributed by atoms with Gasteiger partial charge in [0, 0.05) is 11.1 Å². The Bertz CT molecular complexity index is 644. The molecule has 4 fully saturated rings. The molecule has 4 aliphatic carbocycles. The van der Waals surface area contributed by atoms with Crippen molar-refractivity contribution < 1.29 is 14.3 Å². The monoisotopic (exact) mass is 341 g/mol. The van der Waals surface area contributed by atoms with Gasteiger partial charge in [0.25, 0.3) is 5.91 Å². The van der Waals surface area contributed by atoms with E-state index in [2.05, 4.69) is 5.32 Å². The van der Waals surface area contributed by atoms with Gasteiger partial charge >= 0.3 is 0 Å². The average molecular weight is 341 g/mol. The van der Waals surface area contributed by atoms with Crippen LogP contribution in [0.3, 0.4) is 0 Å². The lowest BCUT2D eigenvalue weighted by Crippen LogP contribution is -2.61. The minimum Gasteiger partial charge on any atom is -0.481 e. The second-order valence-electron chi connectivity index (χ2n) is 8.53. The fourth-order valence-corrected chi connectivity index (χ4v) is 5.65. The van der Waals surface area contributed by atoms with E-state index in [-0.39, 0.29) is 17.2 Å². The summed E-state index contributed by atoms with van der Waals surface area (Å²) in [6, 6.07) is 6.99. The summed E-state index contributed by atoms with van der Waals surface area (Å²) in [5.74, 6) is 3.06. The van der Waals surface area contributed by atoms with E-state index in [0.717, 1.165) is 37.0 Å². The number of nitrogens with one attached hydrogen (secondary N) is 1. The van der Waals surface area contributed by atoms with Crippen LogP contribution in [-0.2, 0) is 4.79 Å². The molecule has 4 saturated carbocycles. The Morgan fingerprint density at radius 1 is 1.04 bits per heavy atom. The van der Waals surface area contributed by atoms with Crippen LogP contribution in [0.5, 0.6) is 5.75 Å². The number of amides is 1. The molecule has 0 aromatic heterocycles. The van der Waals surface area contributed by atoms with Gasteiger partial charge in [0.05, 0.1) is 0 Å². The average Bonchev–Trinajstić information content (AvgIpc) is 2.53. The largest absolute Gasteiger partial charge is 0.481 e. The number of ether oxygens (including phenoxy) is 1. The van der Waals surface area contributed by atoms with Crippen LogP contribution < -0.4 is 10.1 Å². The quantitative estimate of drug-likeness (QED) is 0.830. The highest BCUT2D eigenvalue weighted by atomic mass is 16.5. The second kappa shape index (κ2) is 6.15. The van der Waals surface area contributed by atoms with Crippen molar-refractivity contribution in [1.29, 1.82) is 0 Å². The zero-order valence-corrected chi connectivity index (χ0v) is 15.1. The van der Waals surface area contributed by atoms with E-state index in [1.54, 1.807) is 31.2 Å². The molecule has 1 aromatic rings. The standard InChI is InChI=1S/C21H27NO3/c1-13(23)18-3-5-19(6-4-18)25-14(2)20(24)22-21-10-15-7-16(11-21)9-17(8-15)12-21/h3-6,14-17H,7-12H2,1-2H3,(H,22,24)/t14-,15?,16?,17?,21?/m0/s1. The van der Waals surface area contributed by atoms with Gasteiger partial charge in [-0.05, 0) is 94.4 Å². The van der Waals surface area contributed by atoms with Crippen LogP contribution in [0.1, 0.15) is 62.7 Å². The summed E-state index contributed by atoms with van der Waals surface area (Å²) in [4.78, 5) is 24.1. The van der Waals surface area contributed by atoms with Gasteiger partial charge in [-0.25, -0.2) is 0 Å². The molecule has 1 aromatic carbocycles. The zero-order valence-electron chi connectivity index (χ0n) is 15.1. The van der Waals surface area contributed by atoms with Crippen LogP contribution in [0.25, 0.3) is 0 Å². The molecule has 1 atom stereocenters. The third-order valence-electron chi connectivity index (χ3n) is 6.37. The Hall–Kier alpha value is -1.84. The van der Waals surface area contributed by atoms with Crippen molar-refractivity contribution in [1.82, 2.24) is 5.32 Å². The predicted molar refractivity (Wildman–Crippen MR) is 95.6 cm³/mol. The van der Waals surface area contributed by atoms with Gasteiger partial charge in [0.1, 0.15) is 5.75 Å². The molecule has 4 heteroatoms. The number of Topliss-reactive ketones (excluding diaryl/α,β-unsaturated/α-hetero) is 1. The van der Waals surface area contributed by atoms with Crippen LogP contribution in [0.4, 0.5) is 0 Å². The number of carbonyl (C=O) groups excluding carboxylic acids is 2. The molecule has 0 radical (unpaired) electrons. The molecule has 4 nitrogen and oxygen atoms in total. The van der Waals surface area contributed by atoms with Gasteiger partial charge in [-0.1, -0.05) is 0 Å². The van der Waals surface area contributed by atoms with E-state index in [1.807, 2.05) is 0 Å². The van der Waals surface area contributed by atoms with E-state index >= 15 is 0 Å². The third kappa shape index (κ3) is 3.31. The van der Waals surface area contributed by atoms with Crippen LogP contribution in [0.15, 0.2) is 24.3 Å². The SMILES string of the molecule is CC(=O)c1ccc(O[C@@H](C)C(=O)NC23CC4CC(CC(C4)C2)C3)cc1. The smallest absolute Gasteiger partial charge is 0.261 e. The normalized spacial score (nSPS) is 33.8. The highest BCUT2D eigenvalue weighted by Gasteiger charge is 2.51. The molecule has 0 saturated heterocycles. The fraction of sp³-hybridized carbons (Fsp3) is 0.619. The second-order valence-corrected chi connectivity index (χ2v) is 8.53. The minimum atomic E-state index is -0.531. The van der Waals surface area contributed by atoms with Crippen molar-refractivity contribution in [3.63, 3.8) is 0 Å². The van der Waals surface area contributed by atoms with Crippen LogP contribution in [0, 0.1) is 17.8 Å². The third-order valence-corrected chi connectivity index (χ3v) is 6.37. The topological polar surface area (TPSA) is 55.4 Å². The molecule has 1 amide bonds. The lowest BCUT2D eigenvalue weighted by Gasteiger charge is -2.57. The Morgan fingerprint density at radius 2 is 1.56 bits per heavy atom. The first-order valence-electron chi connectivity index (χ1n) is 9.52. The van der Waals surface area contributed by atoms with E-state index < -0.39 is 6.10 Å². The number of rotatable bonds is 5. The molecular weight excluding hydrogens is 314 g/mol. The number of benzene rings is 1. The molecule has 0 heterocycles. The van der Waals surface area contributed by atoms with Crippen molar-refractivity contribution >= 4 is 11.7 Å². The molecule has 0 aliphatic heterocycles. The highest BCUT2D eigenvalue weighted by Crippen LogP contribution is 2.55. The number of hydrogen-bond donors (Lipinski definition) is 1. The first-order valence-corrected chi connectivity index (χ1v) is 9.52. The summed E-state index contributed by atoms with van der Waals surface area (Å²) < 4.78 is 5.80. The molecule has 0 unspecified atom stereocenters. The van der Waals surface area contributed by atoms with Gasteiger partial charge in [0.15, 0.2) is 11.9 Å². The van der Waals surface area contributed by atoms with Gasteiger partial charge in [-0.15, -0.1) is 0 Å². The van der Waals surface area contributed by atoms with Crippen LogP contribution in [-0.4, -0.2) is 23.3 Å². The molecule has 4 aliphatic rings. The Labute approximate surface area is 149 Å². The summed E-state index contributed by atoms with van der Waals surface area (Å²) in [5.41, 5.74) is 0.667. The maximum Gasteiger partial charge on any atom is 0.261 e. The Morgan fingerprint density at radius 3 is 2.04 bits per heavy atom. The summed E-state index contributed by atoms with van der Waals surface area (Å²) >= 11 is 0.